The topological polar surface area (TPSA) is 63.2 Å². The first-order valence-electron chi connectivity index (χ1n) is 7.89. The van der Waals surface area contributed by atoms with Crippen molar-refractivity contribution in [3.8, 4) is 0 Å². The van der Waals surface area contributed by atoms with E-state index >= 15 is 0 Å². The maximum atomic E-state index is 12.2. The molecule has 1 saturated carbocycles. The molecule has 6 nitrogen and oxygen atoms in total. The highest BCUT2D eigenvalue weighted by molar-refractivity contribution is 5.74. The van der Waals surface area contributed by atoms with Gasteiger partial charge in [-0.2, -0.15) is 9.78 Å². The minimum absolute atomic E-state index is 0.311. The minimum Gasteiger partial charge on any atom is -0.466 e. The highest BCUT2D eigenvalue weighted by Crippen LogP contribution is 2.42. The van der Waals surface area contributed by atoms with Gasteiger partial charge in [-0.1, -0.05) is 0 Å². The van der Waals surface area contributed by atoms with Crippen LogP contribution in [0.25, 0.3) is 0 Å². The highest BCUT2D eigenvalue weighted by atomic mass is 17.3. The smallest absolute Gasteiger partial charge is 0.314 e. The van der Waals surface area contributed by atoms with Crippen molar-refractivity contribution in [1.29, 1.82) is 0 Å². The van der Waals surface area contributed by atoms with E-state index in [4.69, 9.17) is 24.3 Å². The molecular weight excluding hydrogens is 288 g/mol. The van der Waals surface area contributed by atoms with E-state index in [-0.39, 0.29) is 5.97 Å². The third kappa shape index (κ3) is 5.83. The molecule has 1 aliphatic carbocycles. The summed E-state index contributed by atoms with van der Waals surface area (Å²) in [6.45, 7) is 13.2. The Kier molecular flexibility index (Phi) is 6.38. The zero-order chi connectivity index (χ0) is 17.0. The lowest BCUT2D eigenvalue weighted by Crippen LogP contribution is -2.47. The van der Waals surface area contributed by atoms with Crippen LogP contribution in [0.4, 0.5) is 0 Å². The zero-order valence-electron chi connectivity index (χ0n) is 14.9. The highest BCUT2D eigenvalue weighted by Gasteiger charge is 2.54. The van der Waals surface area contributed by atoms with Gasteiger partial charge in [0.1, 0.15) is 5.92 Å². The Morgan fingerprint density at radius 3 is 1.95 bits per heavy atom. The number of ether oxygens (including phenoxy) is 1. The Hall–Kier alpha value is -0.690. The molecule has 0 aromatic heterocycles. The molecular formula is C16H30O6. The van der Waals surface area contributed by atoms with E-state index in [1.54, 1.807) is 6.92 Å². The summed E-state index contributed by atoms with van der Waals surface area (Å²) in [5.41, 5.74) is -1.06. The summed E-state index contributed by atoms with van der Waals surface area (Å²) in [7, 11) is 0. The summed E-state index contributed by atoms with van der Waals surface area (Å²) < 4.78 is 5.13. The molecule has 1 unspecified atom stereocenters. The number of rotatable bonds is 6. The van der Waals surface area contributed by atoms with Gasteiger partial charge in [0.2, 0.25) is 5.79 Å². The van der Waals surface area contributed by atoms with Crippen LogP contribution < -0.4 is 0 Å². The van der Waals surface area contributed by atoms with Gasteiger partial charge >= 0.3 is 5.97 Å². The Balaban J connectivity index is 2.90. The molecule has 0 aromatic rings. The molecule has 0 amide bonds. The standard InChI is InChI=1S/C16H30O6/c1-8-18-13(17)12-10-9-11-16(12,21-19-14(2,3)4)22-20-15(5,6)7/h12H,8-11H2,1-7H3. The van der Waals surface area contributed by atoms with E-state index in [1.807, 2.05) is 41.5 Å². The van der Waals surface area contributed by atoms with Gasteiger partial charge in [0.25, 0.3) is 0 Å². The Morgan fingerprint density at radius 2 is 1.55 bits per heavy atom. The molecule has 0 aliphatic heterocycles. The van der Waals surface area contributed by atoms with E-state index in [0.29, 0.717) is 19.4 Å². The minimum atomic E-state index is -1.27. The van der Waals surface area contributed by atoms with Crippen LogP contribution in [0, 0.1) is 5.92 Å². The SMILES string of the molecule is CCOC(=O)C1CCCC1(OOC(C)(C)C)OOC(C)(C)C. The molecule has 0 heterocycles. The van der Waals surface area contributed by atoms with Crippen LogP contribution in [-0.2, 0) is 29.1 Å². The van der Waals surface area contributed by atoms with E-state index < -0.39 is 22.9 Å². The second kappa shape index (κ2) is 7.25. The van der Waals surface area contributed by atoms with E-state index in [2.05, 4.69) is 0 Å². The van der Waals surface area contributed by atoms with Gasteiger partial charge in [-0.05, 0) is 61.3 Å². The molecule has 1 atom stereocenters. The van der Waals surface area contributed by atoms with Crippen LogP contribution in [-0.4, -0.2) is 29.6 Å². The summed E-state index contributed by atoms with van der Waals surface area (Å²) >= 11 is 0. The van der Waals surface area contributed by atoms with Crippen LogP contribution in [0.15, 0.2) is 0 Å². The lowest BCUT2D eigenvalue weighted by molar-refractivity contribution is -0.545. The predicted octanol–water partition coefficient (Wildman–Crippen LogP) is 3.54. The number of hydrogen-bond acceptors (Lipinski definition) is 6. The molecule has 0 spiro atoms. The van der Waals surface area contributed by atoms with E-state index in [9.17, 15) is 4.79 Å². The van der Waals surface area contributed by atoms with Crippen LogP contribution in [0.2, 0.25) is 0 Å². The van der Waals surface area contributed by atoms with Crippen molar-refractivity contribution in [1.82, 2.24) is 0 Å². The van der Waals surface area contributed by atoms with Crippen molar-refractivity contribution in [2.75, 3.05) is 6.61 Å². The molecule has 0 N–H and O–H groups in total. The van der Waals surface area contributed by atoms with Gasteiger partial charge in [-0.15, -0.1) is 0 Å². The zero-order valence-corrected chi connectivity index (χ0v) is 14.9. The van der Waals surface area contributed by atoms with Crippen LogP contribution in [0.5, 0.6) is 0 Å². The van der Waals surface area contributed by atoms with Gasteiger partial charge < -0.3 is 4.74 Å². The van der Waals surface area contributed by atoms with Gasteiger partial charge in [0.15, 0.2) is 0 Å². The van der Waals surface area contributed by atoms with Crippen molar-refractivity contribution in [3.05, 3.63) is 0 Å². The largest absolute Gasteiger partial charge is 0.466 e. The van der Waals surface area contributed by atoms with Crippen LogP contribution >= 0.6 is 0 Å². The Morgan fingerprint density at radius 1 is 1.05 bits per heavy atom. The first-order valence-corrected chi connectivity index (χ1v) is 7.89. The molecule has 0 radical (unpaired) electrons. The summed E-state index contributed by atoms with van der Waals surface area (Å²) in [5, 5.41) is 0. The molecule has 22 heavy (non-hydrogen) atoms. The third-order valence-corrected chi connectivity index (χ3v) is 2.99. The average molecular weight is 318 g/mol. The fourth-order valence-corrected chi connectivity index (χ4v) is 2.09. The van der Waals surface area contributed by atoms with Crippen molar-refractivity contribution in [2.24, 2.45) is 5.92 Å². The van der Waals surface area contributed by atoms with E-state index in [1.165, 1.54) is 0 Å². The molecule has 130 valence electrons. The maximum absolute atomic E-state index is 12.2. The number of carbonyl (C=O) groups excluding carboxylic acids is 1. The summed E-state index contributed by atoms with van der Waals surface area (Å²) in [4.78, 5) is 34.2. The molecule has 1 aliphatic rings. The lowest BCUT2D eigenvalue weighted by Gasteiger charge is -2.35. The molecule has 0 saturated heterocycles. The van der Waals surface area contributed by atoms with Gasteiger partial charge in [-0.3, -0.25) is 4.79 Å². The fraction of sp³-hybridized carbons (Fsp3) is 0.938. The predicted molar refractivity (Wildman–Crippen MR) is 80.6 cm³/mol. The Labute approximate surface area is 133 Å². The maximum Gasteiger partial charge on any atom is 0.314 e. The Bertz CT molecular complexity index is 348. The first-order chi connectivity index (χ1) is 9.99. The average Bonchev–Trinajstić information content (AvgIpc) is 2.77. The second-order valence-electron chi connectivity index (χ2n) is 7.57. The number of hydrogen-bond donors (Lipinski definition) is 0. The number of esters is 1. The van der Waals surface area contributed by atoms with E-state index in [0.717, 1.165) is 6.42 Å². The summed E-state index contributed by atoms with van der Waals surface area (Å²) in [5.74, 6) is -2.19. The van der Waals surface area contributed by atoms with Crippen LogP contribution in [0.1, 0.15) is 67.7 Å². The van der Waals surface area contributed by atoms with Gasteiger partial charge in [0, 0.05) is 6.42 Å². The summed E-state index contributed by atoms with van der Waals surface area (Å²) in [6.07, 6.45) is 1.88. The van der Waals surface area contributed by atoms with Crippen molar-refractivity contribution < 1.29 is 29.1 Å². The summed E-state index contributed by atoms with van der Waals surface area (Å²) in [6, 6.07) is 0. The fourth-order valence-electron chi connectivity index (χ4n) is 2.09. The normalized spacial score (nSPS) is 21.9. The monoisotopic (exact) mass is 318 g/mol. The molecule has 6 heteroatoms. The van der Waals surface area contributed by atoms with Crippen LogP contribution in [0.3, 0.4) is 0 Å². The molecule has 1 rings (SSSR count). The van der Waals surface area contributed by atoms with Crippen molar-refractivity contribution in [3.63, 3.8) is 0 Å². The third-order valence-electron chi connectivity index (χ3n) is 2.99. The van der Waals surface area contributed by atoms with Crippen molar-refractivity contribution in [2.45, 2.75) is 84.7 Å². The van der Waals surface area contributed by atoms with Gasteiger partial charge in [0.05, 0.1) is 17.8 Å². The van der Waals surface area contributed by atoms with Gasteiger partial charge in [-0.25, -0.2) is 9.78 Å². The second-order valence-corrected chi connectivity index (χ2v) is 7.57. The first kappa shape index (κ1) is 19.4. The molecule has 1 fully saturated rings. The molecule has 0 aromatic carbocycles. The quantitative estimate of drug-likeness (QED) is 0.323. The number of carbonyl (C=O) groups is 1. The van der Waals surface area contributed by atoms with Crippen molar-refractivity contribution >= 4 is 5.97 Å². The lowest BCUT2D eigenvalue weighted by atomic mass is 10.0. The molecule has 0 bridgehead atoms.